The third kappa shape index (κ3) is 4.30. The molecule has 0 bridgehead atoms. The summed E-state index contributed by atoms with van der Waals surface area (Å²) in [5, 5.41) is 2.04. The average Bonchev–Trinajstić information content (AvgIpc) is 2.53. The van der Waals surface area contributed by atoms with E-state index in [4.69, 9.17) is 0 Å². The topological polar surface area (TPSA) is 66.5 Å². The summed E-state index contributed by atoms with van der Waals surface area (Å²) in [5.41, 5.74) is 0.313. The van der Waals surface area contributed by atoms with Gasteiger partial charge in [-0.15, -0.1) is 0 Å². The van der Waals surface area contributed by atoms with Gasteiger partial charge in [0.25, 0.3) is 0 Å². The summed E-state index contributed by atoms with van der Waals surface area (Å²) in [6.07, 6.45) is 0.921. The lowest BCUT2D eigenvalue weighted by Crippen LogP contribution is -2.38. The monoisotopic (exact) mass is 372 g/mol. The summed E-state index contributed by atoms with van der Waals surface area (Å²) >= 11 is 0. The van der Waals surface area contributed by atoms with E-state index >= 15 is 0 Å². The number of aryl methyl sites for hydroxylation is 1. The Morgan fingerprint density at radius 3 is 2.32 bits per heavy atom. The van der Waals surface area contributed by atoms with E-state index in [0.717, 1.165) is 16.6 Å². The SMILES string of the molecule is Cc1ccccc1N(CC(=O)Nc1ccc(F)c(F)c1F)S(C)(=O)=O. The Kier molecular flexibility index (Phi) is 5.36. The van der Waals surface area contributed by atoms with Crippen LogP contribution in [0.2, 0.25) is 0 Å². The molecule has 0 heterocycles. The maximum Gasteiger partial charge on any atom is 0.245 e. The molecule has 5 nitrogen and oxygen atoms in total. The van der Waals surface area contributed by atoms with E-state index in [1.54, 1.807) is 25.1 Å². The number of nitrogens with one attached hydrogen (secondary N) is 1. The Hall–Kier alpha value is -2.55. The normalized spacial score (nSPS) is 11.2. The second kappa shape index (κ2) is 7.14. The first-order valence-corrected chi connectivity index (χ1v) is 8.92. The third-order valence-electron chi connectivity index (χ3n) is 3.38. The quantitative estimate of drug-likeness (QED) is 0.821. The second-order valence-corrected chi connectivity index (χ2v) is 7.23. The zero-order valence-electron chi connectivity index (χ0n) is 13.4. The van der Waals surface area contributed by atoms with Gasteiger partial charge in [0.1, 0.15) is 6.54 Å². The van der Waals surface area contributed by atoms with Crippen LogP contribution in [0.25, 0.3) is 0 Å². The van der Waals surface area contributed by atoms with E-state index < -0.39 is 45.6 Å². The molecular formula is C16H15F3N2O3S. The maximum atomic E-state index is 13.6. The summed E-state index contributed by atoms with van der Waals surface area (Å²) in [6, 6.07) is 8.00. The standard InChI is InChI=1S/C16H15F3N2O3S/c1-10-5-3-4-6-13(10)21(25(2,23)24)9-14(22)20-12-8-7-11(17)15(18)16(12)19/h3-8H,9H2,1-2H3,(H,20,22). The summed E-state index contributed by atoms with van der Waals surface area (Å²) in [6.45, 7) is 1.02. The van der Waals surface area contributed by atoms with Gasteiger partial charge in [0.15, 0.2) is 17.5 Å². The number of nitrogens with zero attached hydrogens (tertiary/aromatic N) is 1. The summed E-state index contributed by atoms with van der Waals surface area (Å²) in [7, 11) is -3.81. The molecule has 0 fully saturated rings. The third-order valence-corrected chi connectivity index (χ3v) is 4.51. The van der Waals surface area contributed by atoms with Crippen molar-refractivity contribution < 1.29 is 26.4 Å². The molecule has 2 aromatic rings. The van der Waals surface area contributed by atoms with Crippen molar-refractivity contribution in [3.8, 4) is 0 Å². The number of hydrogen-bond donors (Lipinski definition) is 1. The molecule has 0 aliphatic heterocycles. The molecule has 0 aromatic heterocycles. The van der Waals surface area contributed by atoms with E-state index in [-0.39, 0.29) is 5.69 Å². The highest BCUT2D eigenvalue weighted by Gasteiger charge is 2.23. The minimum Gasteiger partial charge on any atom is -0.322 e. The summed E-state index contributed by atoms with van der Waals surface area (Å²) < 4.78 is 64.6. The number of halogens is 3. The molecule has 0 saturated carbocycles. The zero-order valence-corrected chi connectivity index (χ0v) is 14.2. The van der Waals surface area contributed by atoms with Crippen molar-refractivity contribution in [3.63, 3.8) is 0 Å². The number of rotatable bonds is 5. The summed E-state index contributed by atoms with van der Waals surface area (Å²) in [4.78, 5) is 12.1. The van der Waals surface area contributed by atoms with Gasteiger partial charge < -0.3 is 5.32 Å². The fraction of sp³-hybridized carbons (Fsp3) is 0.188. The first-order valence-electron chi connectivity index (χ1n) is 7.08. The van der Waals surface area contributed by atoms with Crippen molar-refractivity contribution in [2.24, 2.45) is 0 Å². The van der Waals surface area contributed by atoms with Crippen LogP contribution in [-0.2, 0) is 14.8 Å². The molecule has 134 valence electrons. The van der Waals surface area contributed by atoms with E-state index in [2.05, 4.69) is 0 Å². The van der Waals surface area contributed by atoms with Gasteiger partial charge in [-0.25, -0.2) is 21.6 Å². The molecule has 2 rings (SSSR count). The molecule has 0 aliphatic carbocycles. The molecule has 25 heavy (non-hydrogen) atoms. The molecule has 2 aromatic carbocycles. The Morgan fingerprint density at radius 2 is 1.72 bits per heavy atom. The molecule has 1 amide bonds. The molecule has 0 saturated heterocycles. The molecule has 1 N–H and O–H groups in total. The highest BCUT2D eigenvalue weighted by molar-refractivity contribution is 7.92. The molecule has 0 spiro atoms. The van der Waals surface area contributed by atoms with Crippen LogP contribution in [-0.4, -0.2) is 27.1 Å². The van der Waals surface area contributed by atoms with Crippen LogP contribution in [0.15, 0.2) is 36.4 Å². The number of hydrogen-bond acceptors (Lipinski definition) is 3. The Labute approximate surface area is 143 Å². The highest BCUT2D eigenvalue weighted by atomic mass is 32.2. The van der Waals surface area contributed by atoms with Crippen molar-refractivity contribution in [1.29, 1.82) is 0 Å². The zero-order chi connectivity index (χ0) is 18.8. The lowest BCUT2D eigenvalue weighted by atomic mass is 10.2. The van der Waals surface area contributed by atoms with Crippen LogP contribution >= 0.6 is 0 Å². The van der Waals surface area contributed by atoms with Crippen molar-refractivity contribution in [1.82, 2.24) is 0 Å². The van der Waals surface area contributed by atoms with Crippen LogP contribution in [0.1, 0.15) is 5.56 Å². The minimum atomic E-state index is -3.81. The summed E-state index contributed by atoms with van der Waals surface area (Å²) in [5.74, 6) is -5.58. The lowest BCUT2D eigenvalue weighted by Gasteiger charge is -2.23. The Bertz CT molecular complexity index is 917. The van der Waals surface area contributed by atoms with Crippen LogP contribution in [0, 0.1) is 24.4 Å². The van der Waals surface area contributed by atoms with E-state index in [9.17, 15) is 26.4 Å². The molecule has 0 radical (unpaired) electrons. The van der Waals surface area contributed by atoms with Gasteiger partial charge in [0, 0.05) is 0 Å². The van der Waals surface area contributed by atoms with E-state index in [1.807, 2.05) is 5.32 Å². The fourth-order valence-corrected chi connectivity index (χ4v) is 3.08. The number of carbonyl (C=O) groups excluding carboxylic acids is 1. The van der Waals surface area contributed by atoms with Gasteiger partial charge in [-0.2, -0.15) is 0 Å². The highest BCUT2D eigenvalue weighted by Crippen LogP contribution is 2.23. The van der Waals surface area contributed by atoms with Crippen molar-refractivity contribution in [2.75, 3.05) is 22.4 Å². The number of benzene rings is 2. The van der Waals surface area contributed by atoms with Gasteiger partial charge in [-0.1, -0.05) is 18.2 Å². The van der Waals surface area contributed by atoms with Gasteiger partial charge in [0.2, 0.25) is 15.9 Å². The number of sulfonamides is 1. The van der Waals surface area contributed by atoms with Crippen LogP contribution in [0.3, 0.4) is 0 Å². The molecule has 0 atom stereocenters. The van der Waals surface area contributed by atoms with Crippen molar-refractivity contribution in [3.05, 3.63) is 59.4 Å². The fourth-order valence-electron chi connectivity index (χ4n) is 2.17. The lowest BCUT2D eigenvalue weighted by molar-refractivity contribution is -0.114. The van der Waals surface area contributed by atoms with Gasteiger partial charge >= 0.3 is 0 Å². The maximum absolute atomic E-state index is 13.6. The van der Waals surface area contributed by atoms with E-state index in [1.165, 1.54) is 6.07 Å². The minimum absolute atomic E-state index is 0.283. The predicted molar refractivity (Wildman–Crippen MR) is 88.3 cm³/mol. The smallest absolute Gasteiger partial charge is 0.245 e. The Balaban J connectivity index is 2.27. The molecule has 0 aliphatic rings. The molecular weight excluding hydrogens is 357 g/mol. The van der Waals surface area contributed by atoms with Gasteiger partial charge in [-0.05, 0) is 30.7 Å². The largest absolute Gasteiger partial charge is 0.322 e. The predicted octanol–water partition coefficient (Wildman–Crippen LogP) is 2.82. The number of amides is 1. The molecule has 0 unspecified atom stereocenters. The van der Waals surface area contributed by atoms with Gasteiger partial charge in [0.05, 0.1) is 17.6 Å². The first-order chi connectivity index (χ1) is 11.6. The second-order valence-electron chi connectivity index (χ2n) is 5.33. The van der Waals surface area contributed by atoms with E-state index in [0.29, 0.717) is 11.6 Å². The van der Waals surface area contributed by atoms with Crippen LogP contribution in [0.4, 0.5) is 24.5 Å². The Morgan fingerprint density at radius 1 is 1.08 bits per heavy atom. The molecule has 9 heteroatoms. The van der Waals surface area contributed by atoms with Crippen molar-refractivity contribution >= 4 is 27.3 Å². The van der Waals surface area contributed by atoms with Crippen LogP contribution in [0.5, 0.6) is 0 Å². The van der Waals surface area contributed by atoms with Crippen LogP contribution < -0.4 is 9.62 Å². The average molecular weight is 372 g/mol. The number of para-hydroxylation sites is 1. The van der Waals surface area contributed by atoms with Crippen molar-refractivity contribution in [2.45, 2.75) is 6.92 Å². The first kappa shape index (κ1) is 18.8. The number of anilines is 2. The number of carbonyl (C=O) groups is 1. The van der Waals surface area contributed by atoms with Gasteiger partial charge in [-0.3, -0.25) is 9.10 Å².